The Balaban J connectivity index is 2.25. The highest BCUT2D eigenvalue weighted by Gasteiger charge is 2.26. The van der Waals surface area contributed by atoms with E-state index in [2.05, 4.69) is 4.98 Å². The van der Waals surface area contributed by atoms with E-state index in [1.54, 1.807) is 52.1 Å². The van der Waals surface area contributed by atoms with Gasteiger partial charge in [-0.1, -0.05) is 0 Å². The predicted molar refractivity (Wildman–Crippen MR) is 121 cm³/mol. The summed E-state index contributed by atoms with van der Waals surface area (Å²) in [5.74, 6) is -0.361. The van der Waals surface area contributed by atoms with Gasteiger partial charge in [-0.3, -0.25) is 9.59 Å². The van der Waals surface area contributed by atoms with Gasteiger partial charge in [0.15, 0.2) is 5.78 Å². The molecule has 1 aromatic heterocycles. The molecule has 0 saturated carbocycles. The van der Waals surface area contributed by atoms with E-state index in [9.17, 15) is 14.4 Å². The molecule has 1 amide bonds. The third-order valence-corrected chi connectivity index (χ3v) is 5.08. The number of amides is 1. The van der Waals surface area contributed by atoms with Gasteiger partial charge in [0.25, 0.3) is 5.91 Å². The number of aromatic nitrogens is 1. The molecule has 2 rings (SSSR count). The van der Waals surface area contributed by atoms with E-state index in [4.69, 9.17) is 14.2 Å². The summed E-state index contributed by atoms with van der Waals surface area (Å²) in [7, 11) is 1.56. The van der Waals surface area contributed by atoms with Gasteiger partial charge in [0.1, 0.15) is 11.4 Å². The number of ketones is 1. The molecule has 0 bridgehead atoms. The minimum atomic E-state index is -0.505. The lowest BCUT2D eigenvalue weighted by Gasteiger charge is -2.22. The number of nitrogens with one attached hydrogen (secondary N) is 1. The maximum Gasteiger partial charge on any atom is 0.355 e. The number of aryl methyl sites for hydroxylation is 1. The zero-order valence-electron chi connectivity index (χ0n) is 19.4. The molecule has 0 spiro atoms. The Morgan fingerprint density at radius 2 is 1.72 bits per heavy atom. The number of nitrogens with zero attached hydrogens (tertiary/aromatic N) is 1. The minimum Gasteiger partial charge on any atom is -0.497 e. The smallest absolute Gasteiger partial charge is 0.355 e. The van der Waals surface area contributed by atoms with Crippen LogP contribution < -0.4 is 4.74 Å². The summed E-state index contributed by atoms with van der Waals surface area (Å²) in [6, 6.07) is 6.76. The Hall–Kier alpha value is -3.13. The summed E-state index contributed by atoms with van der Waals surface area (Å²) in [6.45, 7) is 8.63. The normalized spacial score (nSPS) is 10.7. The minimum absolute atomic E-state index is 0.112. The van der Waals surface area contributed by atoms with E-state index in [-0.39, 0.29) is 30.5 Å². The van der Waals surface area contributed by atoms with E-state index in [1.165, 1.54) is 4.90 Å². The second-order valence-electron chi connectivity index (χ2n) is 7.27. The van der Waals surface area contributed by atoms with Gasteiger partial charge in [0.05, 0.1) is 20.3 Å². The van der Waals surface area contributed by atoms with Crippen molar-refractivity contribution in [1.29, 1.82) is 0 Å². The number of methoxy groups -OCH3 is 1. The molecule has 0 aliphatic carbocycles. The number of esters is 1. The van der Waals surface area contributed by atoms with Crippen molar-refractivity contribution in [3.05, 3.63) is 52.3 Å². The third kappa shape index (κ3) is 6.20. The van der Waals surface area contributed by atoms with E-state index in [1.807, 2.05) is 6.92 Å². The number of hydrogen-bond acceptors (Lipinski definition) is 6. The van der Waals surface area contributed by atoms with Gasteiger partial charge in [-0.2, -0.15) is 0 Å². The molecule has 174 valence electrons. The van der Waals surface area contributed by atoms with Crippen molar-refractivity contribution < 1.29 is 28.6 Å². The van der Waals surface area contributed by atoms with Crippen LogP contribution in [0.3, 0.4) is 0 Å². The Morgan fingerprint density at radius 1 is 1.03 bits per heavy atom. The Labute approximate surface area is 188 Å². The molecule has 0 saturated heterocycles. The number of benzene rings is 1. The van der Waals surface area contributed by atoms with Crippen molar-refractivity contribution in [3.63, 3.8) is 0 Å². The van der Waals surface area contributed by atoms with Crippen molar-refractivity contribution in [1.82, 2.24) is 9.88 Å². The summed E-state index contributed by atoms with van der Waals surface area (Å²) >= 11 is 0. The summed E-state index contributed by atoms with van der Waals surface area (Å²) in [6.07, 6.45) is 0.599. The number of H-pyrrole nitrogens is 1. The molecule has 0 atom stereocenters. The fourth-order valence-electron chi connectivity index (χ4n) is 3.50. The topological polar surface area (TPSA) is 97.9 Å². The number of hydrogen-bond donors (Lipinski definition) is 1. The first-order valence-electron chi connectivity index (χ1n) is 10.7. The van der Waals surface area contributed by atoms with E-state index in [0.29, 0.717) is 54.3 Å². The average molecular weight is 445 g/mol. The molecule has 0 fully saturated rings. The summed E-state index contributed by atoms with van der Waals surface area (Å²) in [4.78, 5) is 43.0. The van der Waals surface area contributed by atoms with Crippen molar-refractivity contribution in [2.24, 2.45) is 0 Å². The van der Waals surface area contributed by atoms with Gasteiger partial charge in [0, 0.05) is 36.6 Å². The Morgan fingerprint density at radius 3 is 2.31 bits per heavy atom. The van der Waals surface area contributed by atoms with Gasteiger partial charge in [-0.05, 0) is 63.9 Å². The van der Waals surface area contributed by atoms with Crippen LogP contribution in [0.15, 0.2) is 24.3 Å². The van der Waals surface area contributed by atoms with Gasteiger partial charge in [-0.15, -0.1) is 0 Å². The second kappa shape index (κ2) is 12.0. The maximum atomic E-state index is 13.2. The molecular formula is C24H32N2O6. The monoisotopic (exact) mass is 444 g/mol. The van der Waals surface area contributed by atoms with E-state index >= 15 is 0 Å². The lowest BCUT2D eigenvalue weighted by atomic mass is 10.0. The van der Waals surface area contributed by atoms with Crippen molar-refractivity contribution in [3.8, 4) is 5.75 Å². The molecule has 1 N–H and O–H groups in total. The molecule has 2 aromatic rings. The number of Topliss-reactive ketones (excluding diaryl/α,β-unsaturated/α-hetero) is 1. The molecule has 8 heteroatoms. The van der Waals surface area contributed by atoms with Crippen LogP contribution in [0.5, 0.6) is 5.75 Å². The van der Waals surface area contributed by atoms with Crippen LogP contribution in [0.25, 0.3) is 0 Å². The fourth-order valence-corrected chi connectivity index (χ4v) is 3.50. The summed E-state index contributed by atoms with van der Waals surface area (Å²) in [5.41, 5.74) is 2.23. The highest BCUT2D eigenvalue weighted by Crippen LogP contribution is 2.21. The second-order valence-corrected chi connectivity index (χ2v) is 7.27. The van der Waals surface area contributed by atoms with Crippen LogP contribution in [0.1, 0.15) is 62.7 Å². The zero-order valence-corrected chi connectivity index (χ0v) is 19.4. The van der Waals surface area contributed by atoms with E-state index < -0.39 is 5.97 Å². The molecule has 1 heterocycles. The first-order chi connectivity index (χ1) is 15.3. The van der Waals surface area contributed by atoms with Crippen LogP contribution in [0.4, 0.5) is 0 Å². The molecule has 8 nitrogen and oxygen atoms in total. The van der Waals surface area contributed by atoms with Crippen molar-refractivity contribution in [2.45, 2.75) is 34.1 Å². The van der Waals surface area contributed by atoms with Crippen LogP contribution in [-0.4, -0.2) is 67.6 Å². The predicted octanol–water partition coefficient (Wildman–Crippen LogP) is 3.57. The molecule has 0 aliphatic heterocycles. The molecule has 1 aromatic carbocycles. The standard InChI is InChI=1S/C24H32N2O6/c1-6-31-14-8-13-26(23(28)18-9-11-19(30-5)12-10-18)15-20(27)21-16(3)22(25-17(21)4)24(29)32-7-2/h9-12,25H,6-8,13-15H2,1-5H3. The molecular weight excluding hydrogens is 412 g/mol. The number of carbonyl (C=O) groups is 3. The fraction of sp³-hybridized carbons (Fsp3) is 0.458. The van der Waals surface area contributed by atoms with Gasteiger partial charge >= 0.3 is 5.97 Å². The average Bonchev–Trinajstić information content (AvgIpc) is 3.09. The lowest BCUT2D eigenvalue weighted by molar-refractivity contribution is 0.0519. The Kier molecular flexibility index (Phi) is 9.46. The van der Waals surface area contributed by atoms with Crippen LogP contribution in [0, 0.1) is 13.8 Å². The van der Waals surface area contributed by atoms with Gasteiger partial charge < -0.3 is 24.1 Å². The highest BCUT2D eigenvalue weighted by atomic mass is 16.5. The van der Waals surface area contributed by atoms with Gasteiger partial charge in [0.2, 0.25) is 0 Å². The van der Waals surface area contributed by atoms with Crippen LogP contribution in [0.2, 0.25) is 0 Å². The number of ether oxygens (including phenoxy) is 3. The molecule has 0 aliphatic rings. The number of aromatic amines is 1. The number of carbonyl (C=O) groups excluding carboxylic acids is 3. The summed E-state index contributed by atoms with van der Waals surface area (Å²) < 4.78 is 15.6. The van der Waals surface area contributed by atoms with Crippen LogP contribution in [-0.2, 0) is 9.47 Å². The largest absolute Gasteiger partial charge is 0.497 e. The SMILES string of the molecule is CCOCCCN(CC(=O)c1c(C)[nH]c(C(=O)OCC)c1C)C(=O)c1ccc(OC)cc1. The maximum absolute atomic E-state index is 13.2. The molecule has 32 heavy (non-hydrogen) atoms. The zero-order chi connectivity index (χ0) is 23.7. The third-order valence-electron chi connectivity index (χ3n) is 5.08. The summed E-state index contributed by atoms with van der Waals surface area (Å²) in [5, 5.41) is 0. The molecule has 0 unspecified atom stereocenters. The van der Waals surface area contributed by atoms with Crippen molar-refractivity contribution in [2.75, 3.05) is 40.0 Å². The van der Waals surface area contributed by atoms with Crippen molar-refractivity contribution >= 4 is 17.7 Å². The highest BCUT2D eigenvalue weighted by molar-refractivity contribution is 6.05. The van der Waals surface area contributed by atoms with E-state index in [0.717, 1.165) is 0 Å². The van der Waals surface area contributed by atoms with Crippen LogP contribution >= 0.6 is 0 Å². The number of rotatable bonds is 12. The molecule has 0 radical (unpaired) electrons. The first-order valence-corrected chi connectivity index (χ1v) is 10.7. The van der Waals surface area contributed by atoms with Gasteiger partial charge in [-0.25, -0.2) is 4.79 Å². The Bertz CT molecular complexity index is 933. The lowest BCUT2D eigenvalue weighted by Crippen LogP contribution is -2.37. The first kappa shape index (κ1) is 25.1. The quantitative estimate of drug-likeness (QED) is 0.305.